The molecule has 1 aliphatic heterocycles. The van der Waals surface area contributed by atoms with Crippen molar-refractivity contribution in [2.24, 2.45) is 0 Å². The fourth-order valence-electron chi connectivity index (χ4n) is 2.53. The minimum atomic E-state index is 0.0592. The van der Waals surface area contributed by atoms with Crippen molar-refractivity contribution in [3.8, 4) is 0 Å². The molecule has 0 bridgehead atoms. The third-order valence-electron chi connectivity index (χ3n) is 3.80. The Labute approximate surface area is 113 Å². The van der Waals surface area contributed by atoms with E-state index in [1.54, 1.807) is 12.4 Å². The molecule has 102 valence electrons. The van der Waals surface area contributed by atoms with Gasteiger partial charge in [-0.1, -0.05) is 0 Å². The predicted octanol–water partition coefficient (Wildman–Crippen LogP) is 1.73. The number of aromatic nitrogens is 3. The van der Waals surface area contributed by atoms with E-state index in [0.29, 0.717) is 0 Å². The lowest BCUT2D eigenvalue weighted by molar-refractivity contribution is -0.0954. The Hall–Kier alpha value is -1.46. The molecule has 1 fully saturated rings. The summed E-state index contributed by atoms with van der Waals surface area (Å²) in [5, 5.41) is 0. The summed E-state index contributed by atoms with van der Waals surface area (Å²) in [5.74, 6) is 0. The summed E-state index contributed by atoms with van der Waals surface area (Å²) in [4.78, 5) is 11.0. The van der Waals surface area contributed by atoms with Gasteiger partial charge in [-0.2, -0.15) is 0 Å². The van der Waals surface area contributed by atoms with Gasteiger partial charge in [-0.25, -0.2) is 4.98 Å². The monoisotopic (exact) mass is 260 g/mol. The largest absolute Gasteiger partial charge is 0.375 e. The van der Waals surface area contributed by atoms with Crippen LogP contribution in [0.25, 0.3) is 5.65 Å². The highest BCUT2D eigenvalue weighted by molar-refractivity contribution is 5.36. The molecule has 19 heavy (non-hydrogen) atoms. The van der Waals surface area contributed by atoms with Crippen molar-refractivity contribution in [1.29, 1.82) is 0 Å². The van der Waals surface area contributed by atoms with Crippen LogP contribution in [0.5, 0.6) is 0 Å². The van der Waals surface area contributed by atoms with Gasteiger partial charge in [0.05, 0.1) is 30.8 Å². The molecule has 1 atom stereocenters. The highest BCUT2D eigenvalue weighted by Crippen LogP contribution is 2.24. The van der Waals surface area contributed by atoms with E-state index < -0.39 is 0 Å². The van der Waals surface area contributed by atoms with E-state index in [0.717, 1.165) is 25.3 Å². The van der Waals surface area contributed by atoms with Gasteiger partial charge in [0.2, 0.25) is 0 Å². The zero-order chi connectivity index (χ0) is 13.5. The fraction of sp³-hybridized carbons (Fsp3) is 0.571. The van der Waals surface area contributed by atoms with Crippen molar-refractivity contribution in [1.82, 2.24) is 19.3 Å². The highest BCUT2D eigenvalue weighted by Gasteiger charge is 2.33. The Morgan fingerprint density at radius 1 is 1.42 bits per heavy atom. The molecule has 5 nitrogen and oxygen atoms in total. The van der Waals surface area contributed by atoms with Crippen molar-refractivity contribution < 1.29 is 4.74 Å². The second-order valence-electron chi connectivity index (χ2n) is 5.87. The van der Waals surface area contributed by atoms with Gasteiger partial charge in [0.25, 0.3) is 0 Å². The average Bonchev–Trinajstić information content (AvgIpc) is 2.78. The Kier molecular flexibility index (Phi) is 3.03. The minimum Gasteiger partial charge on any atom is -0.375 e. The van der Waals surface area contributed by atoms with Crippen LogP contribution < -0.4 is 0 Å². The van der Waals surface area contributed by atoms with Gasteiger partial charge in [0, 0.05) is 31.0 Å². The van der Waals surface area contributed by atoms with E-state index in [9.17, 15) is 0 Å². The van der Waals surface area contributed by atoms with Crippen LogP contribution in [0.3, 0.4) is 0 Å². The normalized spacial score (nSPS) is 23.8. The van der Waals surface area contributed by atoms with Gasteiger partial charge in [-0.3, -0.25) is 14.3 Å². The van der Waals surface area contributed by atoms with E-state index in [1.165, 1.54) is 5.69 Å². The van der Waals surface area contributed by atoms with Gasteiger partial charge in [-0.15, -0.1) is 0 Å². The van der Waals surface area contributed by atoms with E-state index >= 15 is 0 Å². The Balaban J connectivity index is 1.87. The molecule has 0 saturated carbocycles. The van der Waals surface area contributed by atoms with Crippen LogP contribution in [0.1, 0.15) is 26.5 Å². The first kappa shape index (κ1) is 12.6. The second-order valence-corrected chi connectivity index (χ2v) is 5.87. The summed E-state index contributed by atoms with van der Waals surface area (Å²) in [6.07, 6.45) is 7.78. The van der Waals surface area contributed by atoms with Gasteiger partial charge < -0.3 is 4.74 Å². The summed E-state index contributed by atoms with van der Waals surface area (Å²) >= 11 is 0. The van der Waals surface area contributed by atoms with Crippen molar-refractivity contribution in [3.05, 3.63) is 30.5 Å². The molecule has 5 heteroatoms. The Bertz CT molecular complexity index is 578. The SMILES string of the molecule is C[C@@H]1CN(Cc2cnc3cnccn23)C(C)(C)CO1. The lowest BCUT2D eigenvalue weighted by Crippen LogP contribution is -2.55. The molecular weight excluding hydrogens is 240 g/mol. The van der Waals surface area contributed by atoms with Crippen LogP contribution in [-0.2, 0) is 11.3 Å². The van der Waals surface area contributed by atoms with Gasteiger partial charge in [-0.05, 0) is 20.8 Å². The Morgan fingerprint density at radius 2 is 2.26 bits per heavy atom. The molecular formula is C14H20N4O. The van der Waals surface area contributed by atoms with E-state index in [2.05, 4.69) is 40.0 Å². The van der Waals surface area contributed by atoms with Crippen molar-refractivity contribution in [2.45, 2.75) is 39.0 Å². The molecule has 0 N–H and O–H groups in total. The standard InChI is InChI=1S/C14H20N4O/c1-11-8-17(14(2,3)10-19-11)9-12-6-16-13-7-15-4-5-18(12)13/h4-7,11H,8-10H2,1-3H3/t11-/m1/s1. The first-order valence-electron chi connectivity index (χ1n) is 6.69. The molecule has 2 aromatic heterocycles. The van der Waals surface area contributed by atoms with E-state index in [4.69, 9.17) is 4.74 Å². The molecule has 0 radical (unpaired) electrons. The van der Waals surface area contributed by atoms with Crippen LogP contribution in [0.15, 0.2) is 24.8 Å². The maximum Gasteiger partial charge on any atom is 0.155 e. The van der Waals surface area contributed by atoms with Gasteiger partial charge in [0.15, 0.2) is 5.65 Å². The highest BCUT2D eigenvalue weighted by atomic mass is 16.5. The van der Waals surface area contributed by atoms with Crippen LogP contribution in [0, 0.1) is 0 Å². The number of hydrogen-bond acceptors (Lipinski definition) is 4. The zero-order valence-corrected chi connectivity index (χ0v) is 11.7. The quantitative estimate of drug-likeness (QED) is 0.824. The summed E-state index contributed by atoms with van der Waals surface area (Å²) in [6, 6.07) is 0. The number of nitrogens with zero attached hydrogens (tertiary/aromatic N) is 4. The summed E-state index contributed by atoms with van der Waals surface area (Å²) in [7, 11) is 0. The number of imidazole rings is 1. The lowest BCUT2D eigenvalue weighted by atomic mass is 10.0. The van der Waals surface area contributed by atoms with Gasteiger partial charge >= 0.3 is 0 Å². The molecule has 2 aromatic rings. The number of hydrogen-bond donors (Lipinski definition) is 0. The van der Waals surface area contributed by atoms with Crippen molar-refractivity contribution in [3.63, 3.8) is 0 Å². The molecule has 0 aromatic carbocycles. The maximum absolute atomic E-state index is 5.76. The third-order valence-corrected chi connectivity index (χ3v) is 3.80. The smallest absolute Gasteiger partial charge is 0.155 e. The van der Waals surface area contributed by atoms with Crippen LogP contribution in [0.2, 0.25) is 0 Å². The second kappa shape index (κ2) is 4.58. The zero-order valence-electron chi connectivity index (χ0n) is 11.7. The molecule has 1 saturated heterocycles. The average molecular weight is 260 g/mol. The summed E-state index contributed by atoms with van der Waals surface area (Å²) in [5.41, 5.74) is 2.15. The van der Waals surface area contributed by atoms with Crippen LogP contribution in [0.4, 0.5) is 0 Å². The predicted molar refractivity (Wildman–Crippen MR) is 72.9 cm³/mol. The van der Waals surface area contributed by atoms with Crippen LogP contribution >= 0.6 is 0 Å². The van der Waals surface area contributed by atoms with Crippen molar-refractivity contribution in [2.75, 3.05) is 13.2 Å². The molecule has 3 rings (SSSR count). The third kappa shape index (κ3) is 2.35. The van der Waals surface area contributed by atoms with Gasteiger partial charge in [0.1, 0.15) is 0 Å². The fourth-order valence-corrected chi connectivity index (χ4v) is 2.53. The molecule has 0 spiro atoms. The first-order chi connectivity index (χ1) is 9.06. The number of ether oxygens (including phenoxy) is 1. The molecule has 0 aliphatic carbocycles. The first-order valence-corrected chi connectivity index (χ1v) is 6.69. The minimum absolute atomic E-state index is 0.0592. The summed E-state index contributed by atoms with van der Waals surface area (Å²) in [6.45, 7) is 9.18. The number of rotatable bonds is 2. The van der Waals surface area contributed by atoms with E-state index in [-0.39, 0.29) is 11.6 Å². The molecule has 3 heterocycles. The lowest BCUT2D eigenvalue weighted by Gasteiger charge is -2.44. The maximum atomic E-state index is 5.76. The van der Waals surface area contributed by atoms with Crippen LogP contribution in [-0.4, -0.2) is 44.1 Å². The molecule has 0 unspecified atom stereocenters. The number of fused-ring (bicyclic) bond motifs is 1. The van der Waals surface area contributed by atoms with Crippen molar-refractivity contribution >= 4 is 5.65 Å². The Morgan fingerprint density at radius 3 is 3.11 bits per heavy atom. The molecule has 0 amide bonds. The topological polar surface area (TPSA) is 42.7 Å². The summed E-state index contributed by atoms with van der Waals surface area (Å²) < 4.78 is 7.86. The molecule has 1 aliphatic rings. The number of morpholine rings is 1. The van der Waals surface area contributed by atoms with E-state index in [1.807, 2.05) is 12.4 Å².